The van der Waals surface area contributed by atoms with Gasteiger partial charge in [-0.1, -0.05) is 23.2 Å². The highest BCUT2D eigenvalue weighted by atomic mass is 35.5. The first-order chi connectivity index (χ1) is 9.63. The summed E-state index contributed by atoms with van der Waals surface area (Å²) in [4.78, 5) is 22.9. The smallest absolute Gasteiger partial charge is 0.310 e. The van der Waals surface area contributed by atoms with Crippen molar-refractivity contribution in [3.63, 3.8) is 0 Å². The molecule has 0 bridgehead atoms. The van der Waals surface area contributed by atoms with Crippen molar-refractivity contribution in [2.24, 2.45) is 5.41 Å². The summed E-state index contributed by atoms with van der Waals surface area (Å²) in [6.45, 7) is 4.60. The Kier molecular flexibility index (Phi) is 5.87. The van der Waals surface area contributed by atoms with Crippen molar-refractivity contribution in [3.05, 3.63) is 28.2 Å². The average Bonchev–Trinajstić information content (AvgIpc) is 2.39. The Labute approximate surface area is 133 Å². The monoisotopic (exact) mass is 333 g/mol. The van der Waals surface area contributed by atoms with Crippen LogP contribution >= 0.6 is 23.2 Å². The molecule has 0 fully saturated rings. The lowest BCUT2D eigenvalue weighted by molar-refractivity contribution is -0.147. The van der Waals surface area contributed by atoms with Gasteiger partial charge in [0.25, 0.3) is 5.91 Å². The molecule has 1 rings (SSSR count). The number of nitrogens with one attached hydrogen (secondary N) is 1. The van der Waals surface area contributed by atoms with Crippen LogP contribution in [0, 0.1) is 5.41 Å². The van der Waals surface area contributed by atoms with Crippen molar-refractivity contribution in [2.45, 2.75) is 26.9 Å². The summed E-state index contributed by atoms with van der Waals surface area (Å²) in [7, 11) is 0. The van der Waals surface area contributed by atoms with Gasteiger partial charge in [0, 0.05) is 11.6 Å². The predicted octanol–water partition coefficient (Wildman–Crippen LogP) is 2.99. The van der Waals surface area contributed by atoms with Crippen molar-refractivity contribution >= 4 is 35.1 Å². The van der Waals surface area contributed by atoms with Gasteiger partial charge in [-0.05, 0) is 39.0 Å². The number of amides is 1. The van der Waals surface area contributed by atoms with Crippen molar-refractivity contribution in [1.82, 2.24) is 5.32 Å². The second-order valence-corrected chi connectivity index (χ2v) is 6.09. The van der Waals surface area contributed by atoms with Gasteiger partial charge in [-0.15, -0.1) is 0 Å². The number of rotatable bonds is 6. The number of hydrogen-bond acceptors (Lipinski definition) is 3. The van der Waals surface area contributed by atoms with E-state index in [0.717, 1.165) is 0 Å². The van der Waals surface area contributed by atoms with Crippen molar-refractivity contribution in [3.8, 4) is 5.75 Å². The maximum atomic E-state index is 11.9. The summed E-state index contributed by atoms with van der Waals surface area (Å²) in [6, 6.07) is 4.67. The van der Waals surface area contributed by atoms with Gasteiger partial charge in [0.15, 0.2) is 6.10 Å². The van der Waals surface area contributed by atoms with E-state index in [1.165, 1.54) is 19.9 Å². The molecule has 0 spiro atoms. The molecule has 0 aliphatic rings. The van der Waals surface area contributed by atoms with Gasteiger partial charge in [0.05, 0.1) is 10.4 Å². The average molecular weight is 334 g/mol. The van der Waals surface area contributed by atoms with E-state index in [9.17, 15) is 9.59 Å². The van der Waals surface area contributed by atoms with Crippen LogP contribution in [0.25, 0.3) is 0 Å². The molecule has 7 heteroatoms. The Morgan fingerprint density at radius 2 is 2.00 bits per heavy atom. The number of hydrogen-bond donors (Lipinski definition) is 2. The van der Waals surface area contributed by atoms with Gasteiger partial charge in [0.2, 0.25) is 0 Å². The Balaban J connectivity index is 2.61. The lowest BCUT2D eigenvalue weighted by atomic mass is 9.94. The van der Waals surface area contributed by atoms with Crippen LogP contribution in [0.1, 0.15) is 20.8 Å². The minimum absolute atomic E-state index is 0.00319. The molecule has 1 amide bonds. The molecule has 2 N–H and O–H groups in total. The van der Waals surface area contributed by atoms with Crippen LogP contribution in [0.3, 0.4) is 0 Å². The molecule has 1 aromatic rings. The molecule has 0 saturated carbocycles. The second-order valence-electron chi connectivity index (χ2n) is 5.24. The van der Waals surface area contributed by atoms with Crippen LogP contribution < -0.4 is 10.1 Å². The van der Waals surface area contributed by atoms with E-state index >= 15 is 0 Å². The summed E-state index contributed by atoms with van der Waals surface area (Å²) in [5, 5.41) is 12.3. The predicted molar refractivity (Wildman–Crippen MR) is 81.0 cm³/mol. The highest BCUT2D eigenvalue weighted by Crippen LogP contribution is 2.28. The molecular formula is C14H17Cl2NO4. The third-order valence-electron chi connectivity index (χ3n) is 2.85. The standard InChI is InChI=1S/C14H17Cl2NO4/c1-8(12(18)17-7-14(2,3)13(19)20)21-11-5-4-9(15)6-10(11)16/h4-6,8H,7H2,1-3H3,(H,17,18)(H,19,20). The Morgan fingerprint density at radius 3 is 2.52 bits per heavy atom. The van der Waals surface area contributed by atoms with Gasteiger partial charge in [-0.2, -0.15) is 0 Å². The summed E-state index contributed by atoms with van der Waals surface area (Å²) in [6.07, 6.45) is -0.812. The summed E-state index contributed by atoms with van der Waals surface area (Å²) >= 11 is 11.7. The van der Waals surface area contributed by atoms with Crippen LogP contribution in [0.2, 0.25) is 10.0 Å². The number of ether oxygens (including phenoxy) is 1. The third-order valence-corrected chi connectivity index (χ3v) is 3.38. The number of carboxylic acids is 1. The zero-order valence-electron chi connectivity index (χ0n) is 11.9. The lowest BCUT2D eigenvalue weighted by Crippen LogP contribution is -2.43. The number of carbonyl (C=O) groups is 2. The van der Waals surface area contributed by atoms with Crippen molar-refractivity contribution in [1.29, 1.82) is 0 Å². The molecule has 0 radical (unpaired) electrons. The van der Waals surface area contributed by atoms with Crippen LogP contribution in [0.5, 0.6) is 5.75 Å². The van der Waals surface area contributed by atoms with Crippen molar-refractivity contribution < 1.29 is 19.4 Å². The topological polar surface area (TPSA) is 75.6 Å². The zero-order valence-corrected chi connectivity index (χ0v) is 13.5. The summed E-state index contributed by atoms with van der Waals surface area (Å²) in [5.41, 5.74) is -1.05. The minimum Gasteiger partial charge on any atom is -0.481 e. The normalized spacial score (nSPS) is 12.6. The minimum atomic E-state index is -1.05. The van der Waals surface area contributed by atoms with E-state index < -0.39 is 23.4 Å². The summed E-state index contributed by atoms with van der Waals surface area (Å²) < 4.78 is 5.44. The molecule has 0 aliphatic heterocycles. The van der Waals surface area contributed by atoms with Gasteiger partial charge in [0.1, 0.15) is 5.75 Å². The van der Waals surface area contributed by atoms with Gasteiger partial charge in [-0.3, -0.25) is 9.59 Å². The van der Waals surface area contributed by atoms with Crippen LogP contribution in [-0.2, 0) is 9.59 Å². The number of aliphatic carboxylic acids is 1. The number of benzene rings is 1. The maximum Gasteiger partial charge on any atom is 0.310 e. The largest absolute Gasteiger partial charge is 0.481 e. The van der Waals surface area contributed by atoms with Crippen LogP contribution in [0.4, 0.5) is 0 Å². The molecule has 0 aliphatic carbocycles. The molecule has 0 aromatic heterocycles. The fourth-order valence-corrected chi connectivity index (χ4v) is 1.80. The number of halogens is 2. The molecule has 1 aromatic carbocycles. The van der Waals surface area contributed by atoms with E-state index in [-0.39, 0.29) is 6.54 Å². The van der Waals surface area contributed by atoms with E-state index in [4.69, 9.17) is 33.0 Å². The van der Waals surface area contributed by atoms with Crippen LogP contribution in [-0.4, -0.2) is 29.6 Å². The van der Waals surface area contributed by atoms with Gasteiger partial charge >= 0.3 is 5.97 Å². The molecule has 0 saturated heterocycles. The Morgan fingerprint density at radius 1 is 1.38 bits per heavy atom. The lowest BCUT2D eigenvalue weighted by Gasteiger charge is -2.21. The second kappa shape index (κ2) is 7.00. The molecule has 1 atom stereocenters. The first kappa shape index (κ1) is 17.6. The van der Waals surface area contributed by atoms with E-state index in [0.29, 0.717) is 15.8 Å². The number of carboxylic acid groups (broad SMARTS) is 1. The Bertz CT molecular complexity index is 546. The third kappa shape index (κ3) is 5.10. The molecule has 0 heterocycles. The zero-order chi connectivity index (χ0) is 16.2. The van der Waals surface area contributed by atoms with E-state index in [2.05, 4.69) is 5.32 Å². The quantitative estimate of drug-likeness (QED) is 0.839. The maximum absolute atomic E-state index is 11.9. The SMILES string of the molecule is CC(Oc1ccc(Cl)cc1Cl)C(=O)NCC(C)(C)C(=O)O. The highest BCUT2D eigenvalue weighted by Gasteiger charge is 2.28. The molecule has 21 heavy (non-hydrogen) atoms. The van der Waals surface area contributed by atoms with Crippen LogP contribution in [0.15, 0.2) is 18.2 Å². The number of carbonyl (C=O) groups excluding carboxylic acids is 1. The fraction of sp³-hybridized carbons (Fsp3) is 0.429. The van der Waals surface area contributed by atoms with Gasteiger partial charge < -0.3 is 15.2 Å². The molecule has 116 valence electrons. The van der Waals surface area contributed by atoms with Gasteiger partial charge in [-0.25, -0.2) is 0 Å². The molecule has 1 unspecified atom stereocenters. The Hall–Kier alpha value is -1.46. The first-order valence-corrected chi connectivity index (χ1v) is 7.02. The summed E-state index contributed by atoms with van der Waals surface area (Å²) in [5.74, 6) is -1.08. The highest BCUT2D eigenvalue weighted by molar-refractivity contribution is 6.35. The van der Waals surface area contributed by atoms with Crippen molar-refractivity contribution in [2.75, 3.05) is 6.54 Å². The van der Waals surface area contributed by atoms with E-state index in [1.807, 2.05) is 0 Å². The fourth-order valence-electron chi connectivity index (χ4n) is 1.34. The van der Waals surface area contributed by atoms with E-state index in [1.54, 1.807) is 19.1 Å². The molecule has 5 nitrogen and oxygen atoms in total. The molecular weight excluding hydrogens is 317 g/mol. The first-order valence-electron chi connectivity index (χ1n) is 6.26.